The van der Waals surface area contributed by atoms with E-state index < -0.39 is 0 Å². The maximum absolute atomic E-state index is 8.51. The summed E-state index contributed by atoms with van der Waals surface area (Å²) in [5.41, 5.74) is 0. The molecule has 0 spiro atoms. The zero-order chi connectivity index (χ0) is 9.07. The second-order valence-electron chi connectivity index (χ2n) is 3.19. The molecule has 0 bridgehead atoms. The summed E-state index contributed by atoms with van der Waals surface area (Å²) in [6.07, 6.45) is 12.9. The largest absolute Gasteiger partial charge is 0.396 e. The van der Waals surface area contributed by atoms with Crippen molar-refractivity contribution in [2.45, 2.75) is 51.9 Å². The van der Waals surface area contributed by atoms with Crippen LogP contribution in [0.15, 0.2) is 12.2 Å². The van der Waals surface area contributed by atoms with Crippen molar-refractivity contribution >= 4 is 0 Å². The molecule has 0 atom stereocenters. The first-order valence-corrected chi connectivity index (χ1v) is 5.17. The van der Waals surface area contributed by atoms with Gasteiger partial charge in [0.2, 0.25) is 0 Å². The van der Waals surface area contributed by atoms with Gasteiger partial charge >= 0.3 is 0 Å². The minimum Gasteiger partial charge on any atom is -0.396 e. The first-order valence-electron chi connectivity index (χ1n) is 5.17. The van der Waals surface area contributed by atoms with E-state index in [1.54, 1.807) is 0 Å². The van der Waals surface area contributed by atoms with Crippen LogP contribution in [-0.4, -0.2) is 11.7 Å². The Morgan fingerprint density at radius 3 is 2.17 bits per heavy atom. The van der Waals surface area contributed by atoms with E-state index in [9.17, 15) is 0 Å². The highest BCUT2D eigenvalue weighted by Crippen LogP contribution is 2.03. The molecule has 0 unspecified atom stereocenters. The lowest BCUT2D eigenvalue weighted by molar-refractivity contribution is 0.289. The number of hydrogen-bond acceptors (Lipinski definition) is 1. The smallest absolute Gasteiger partial charge is 0.0433 e. The minimum absolute atomic E-state index is 0.320. The van der Waals surface area contributed by atoms with Crippen LogP contribution in [0.25, 0.3) is 0 Å². The normalized spacial score (nSPS) is 11.2. The van der Waals surface area contributed by atoms with Crippen molar-refractivity contribution in [3.63, 3.8) is 0 Å². The van der Waals surface area contributed by atoms with E-state index in [-0.39, 0.29) is 0 Å². The van der Waals surface area contributed by atoms with Gasteiger partial charge in [-0.25, -0.2) is 0 Å². The van der Waals surface area contributed by atoms with Crippen LogP contribution in [0.4, 0.5) is 0 Å². The number of aliphatic hydroxyl groups excluding tert-OH is 1. The van der Waals surface area contributed by atoms with E-state index in [1.165, 1.54) is 32.1 Å². The lowest BCUT2D eigenvalue weighted by Gasteiger charge is -1.94. The number of aliphatic hydroxyl groups is 1. The first kappa shape index (κ1) is 11.7. The van der Waals surface area contributed by atoms with Gasteiger partial charge in [0.25, 0.3) is 0 Å². The molecule has 0 fully saturated rings. The van der Waals surface area contributed by atoms with Crippen LogP contribution in [0.3, 0.4) is 0 Å². The Balaban J connectivity index is 2.92. The molecule has 0 aliphatic rings. The van der Waals surface area contributed by atoms with Crippen molar-refractivity contribution in [1.29, 1.82) is 0 Å². The molecule has 0 saturated carbocycles. The fourth-order valence-electron chi connectivity index (χ4n) is 1.13. The molecule has 1 N–H and O–H groups in total. The van der Waals surface area contributed by atoms with Crippen LogP contribution >= 0.6 is 0 Å². The molecule has 0 amide bonds. The fourth-order valence-corrected chi connectivity index (χ4v) is 1.13. The maximum atomic E-state index is 8.51. The van der Waals surface area contributed by atoms with Gasteiger partial charge in [0.05, 0.1) is 0 Å². The van der Waals surface area contributed by atoms with Crippen molar-refractivity contribution in [1.82, 2.24) is 0 Å². The van der Waals surface area contributed by atoms with Gasteiger partial charge in [-0.15, -0.1) is 0 Å². The Kier molecular flexibility index (Phi) is 10.4. The highest BCUT2D eigenvalue weighted by Gasteiger charge is 1.84. The fraction of sp³-hybridized carbons (Fsp3) is 0.818. The van der Waals surface area contributed by atoms with Crippen molar-refractivity contribution in [3.8, 4) is 0 Å². The summed E-state index contributed by atoms with van der Waals surface area (Å²) < 4.78 is 0. The summed E-state index contributed by atoms with van der Waals surface area (Å²) in [6.45, 7) is 2.55. The molecule has 0 heterocycles. The molecule has 0 aromatic rings. The van der Waals surface area contributed by atoms with Crippen LogP contribution in [0.1, 0.15) is 51.9 Å². The Bertz CT molecular complexity index is 97.2. The molecular weight excluding hydrogens is 148 g/mol. The maximum Gasteiger partial charge on any atom is 0.0433 e. The number of rotatable bonds is 8. The van der Waals surface area contributed by atoms with Crippen molar-refractivity contribution in [2.24, 2.45) is 0 Å². The average Bonchev–Trinajstić information content (AvgIpc) is 2.10. The molecular formula is C11H22O. The number of allylic oxidation sites excluding steroid dienone is 2. The lowest BCUT2D eigenvalue weighted by Crippen LogP contribution is -1.78. The highest BCUT2D eigenvalue weighted by molar-refractivity contribution is 4.81. The van der Waals surface area contributed by atoms with Crippen molar-refractivity contribution < 1.29 is 5.11 Å². The molecule has 72 valence electrons. The van der Waals surface area contributed by atoms with Crippen molar-refractivity contribution in [3.05, 3.63) is 12.2 Å². The van der Waals surface area contributed by atoms with Gasteiger partial charge in [0.1, 0.15) is 0 Å². The van der Waals surface area contributed by atoms with E-state index in [0.717, 1.165) is 12.8 Å². The van der Waals surface area contributed by atoms with E-state index >= 15 is 0 Å². The lowest BCUT2D eigenvalue weighted by atomic mass is 10.1. The average molecular weight is 170 g/mol. The van der Waals surface area contributed by atoms with Crippen LogP contribution in [0, 0.1) is 0 Å². The van der Waals surface area contributed by atoms with Crippen LogP contribution < -0.4 is 0 Å². The third-order valence-electron chi connectivity index (χ3n) is 1.92. The molecule has 0 rings (SSSR count). The van der Waals surface area contributed by atoms with Crippen LogP contribution in [-0.2, 0) is 0 Å². The molecule has 0 aromatic heterocycles. The first-order chi connectivity index (χ1) is 5.91. The van der Waals surface area contributed by atoms with Gasteiger partial charge < -0.3 is 5.11 Å². The third-order valence-corrected chi connectivity index (χ3v) is 1.92. The van der Waals surface area contributed by atoms with E-state index in [4.69, 9.17) is 5.11 Å². The summed E-state index contributed by atoms with van der Waals surface area (Å²) in [4.78, 5) is 0. The molecule has 0 aliphatic carbocycles. The van der Waals surface area contributed by atoms with Crippen LogP contribution in [0.5, 0.6) is 0 Å². The summed E-state index contributed by atoms with van der Waals surface area (Å²) in [6, 6.07) is 0. The Hall–Kier alpha value is -0.300. The van der Waals surface area contributed by atoms with Gasteiger partial charge in [-0.2, -0.15) is 0 Å². The predicted molar refractivity (Wildman–Crippen MR) is 54.2 cm³/mol. The Morgan fingerprint density at radius 2 is 1.58 bits per heavy atom. The standard InChI is InChI=1S/C11H22O/c1-2-3-4-5-6-7-8-9-10-11-12/h7-8,12H,2-6,9-11H2,1H3. The zero-order valence-electron chi connectivity index (χ0n) is 8.26. The van der Waals surface area contributed by atoms with E-state index in [1.807, 2.05) is 0 Å². The number of unbranched alkanes of at least 4 members (excludes halogenated alkanes) is 5. The Morgan fingerprint density at radius 1 is 0.917 bits per heavy atom. The van der Waals surface area contributed by atoms with E-state index in [2.05, 4.69) is 19.1 Å². The topological polar surface area (TPSA) is 20.2 Å². The summed E-state index contributed by atoms with van der Waals surface area (Å²) >= 11 is 0. The Labute approximate surface area is 76.5 Å². The molecule has 1 heteroatoms. The SMILES string of the molecule is CCCCCCC=CCCCO. The second-order valence-corrected chi connectivity index (χ2v) is 3.19. The molecule has 0 saturated heterocycles. The van der Waals surface area contributed by atoms with E-state index in [0.29, 0.717) is 6.61 Å². The van der Waals surface area contributed by atoms with Crippen LogP contribution in [0.2, 0.25) is 0 Å². The van der Waals surface area contributed by atoms with Gasteiger partial charge in [-0.1, -0.05) is 38.3 Å². The van der Waals surface area contributed by atoms with Crippen molar-refractivity contribution in [2.75, 3.05) is 6.61 Å². The molecule has 0 aromatic carbocycles. The molecule has 0 aliphatic heterocycles. The minimum atomic E-state index is 0.320. The highest BCUT2D eigenvalue weighted by atomic mass is 16.2. The quantitative estimate of drug-likeness (QED) is 0.438. The van der Waals surface area contributed by atoms with Gasteiger partial charge in [0, 0.05) is 6.61 Å². The molecule has 1 nitrogen and oxygen atoms in total. The van der Waals surface area contributed by atoms with Gasteiger partial charge in [-0.05, 0) is 25.7 Å². The predicted octanol–water partition coefficient (Wildman–Crippen LogP) is 3.29. The molecule has 0 radical (unpaired) electrons. The monoisotopic (exact) mass is 170 g/mol. The van der Waals surface area contributed by atoms with Gasteiger partial charge in [0.15, 0.2) is 0 Å². The molecule has 12 heavy (non-hydrogen) atoms. The second kappa shape index (κ2) is 10.7. The summed E-state index contributed by atoms with van der Waals surface area (Å²) in [7, 11) is 0. The third kappa shape index (κ3) is 9.70. The summed E-state index contributed by atoms with van der Waals surface area (Å²) in [5, 5.41) is 8.51. The summed E-state index contributed by atoms with van der Waals surface area (Å²) in [5.74, 6) is 0. The number of hydrogen-bond donors (Lipinski definition) is 1. The zero-order valence-corrected chi connectivity index (χ0v) is 8.26. The van der Waals surface area contributed by atoms with Gasteiger partial charge in [-0.3, -0.25) is 0 Å².